The van der Waals surface area contributed by atoms with Gasteiger partial charge >= 0.3 is 0 Å². The highest BCUT2D eigenvalue weighted by molar-refractivity contribution is 7.90. The molecule has 1 aliphatic heterocycles. The maximum atomic E-state index is 12.1. The summed E-state index contributed by atoms with van der Waals surface area (Å²) in [6, 6.07) is 0. The molecular formula is C11H20ClNO3S. The van der Waals surface area contributed by atoms with Gasteiger partial charge in [-0.25, -0.2) is 13.1 Å². The minimum Gasteiger partial charge on any atom is -0.381 e. The number of ether oxygens (including phenoxy) is 1. The predicted molar refractivity (Wildman–Crippen MR) is 67.8 cm³/mol. The smallest absolute Gasteiger partial charge is 0.214 e. The fourth-order valence-electron chi connectivity index (χ4n) is 2.25. The SMILES string of the molecule is O=S(=O)(NCC1(CCCl)CC1)C1CCOCC1. The zero-order chi connectivity index (χ0) is 12.4. The van der Waals surface area contributed by atoms with Crippen molar-refractivity contribution in [2.45, 2.75) is 37.4 Å². The summed E-state index contributed by atoms with van der Waals surface area (Å²) in [4.78, 5) is 0. The molecule has 0 bridgehead atoms. The van der Waals surface area contributed by atoms with Crippen LogP contribution < -0.4 is 4.72 Å². The lowest BCUT2D eigenvalue weighted by Crippen LogP contribution is -2.40. The van der Waals surface area contributed by atoms with Gasteiger partial charge in [0.15, 0.2) is 0 Å². The lowest BCUT2D eigenvalue weighted by atomic mass is 10.1. The van der Waals surface area contributed by atoms with E-state index in [0.29, 0.717) is 38.5 Å². The third kappa shape index (κ3) is 3.56. The summed E-state index contributed by atoms with van der Waals surface area (Å²) in [6.07, 6.45) is 4.31. The molecule has 4 nitrogen and oxygen atoms in total. The average Bonchev–Trinajstić information content (AvgIpc) is 3.09. The molecule has 0 unspecified atom stereocenters. The van der Waals surface area contributed by atoms with Crippen molar-refractivity contribution in [2.24, 2.45) is 5.41 Å². The second-order valence-electron chi connectivity index (χ2n) is 5.12. The largest absolute Gasteiger partial charge is 0.381 e. The first-order chi connectivity index (χ1) is 8.08. The number of nitrogens with one attached hydrogen (secondary N) is 1. The van der Waals surface area contributed by atoms with Crippen LogP contribution in [0.15, 0.2) is 0 Å². The summed E-state index contributed by atoms with van der Waals surface area (Å²) in [5, 5.41) is -0.275. The van der Waals surface area contributed by atoms with Crippen LogP contribution in [0.4, 0.5) is 0 Å². The molecule has 2 rings (SSSR count). The first-order valence-corrected chi connectivity index (χ1v) is 8.28. The van der Waals surface area contributed by atoms with Gasteiger partial charge in [0.1, 0.15) is 0 Å². The van der Waals surface area contributed by atoms with Crippen molar-refractivity contribution >= 4 is 21.6 Å². The molecule has 0 aromatic heterocycles. The van der Waals surface area contributed by atoms with Crippen LogP contribution in [0.1, 0.15) is 32.1 Å². The van der Waals surface area contributed by atoms with E-state index in [4.69, 9.17) is 16.3 Å². The number of sulfonamides is 1. The molecule has 2 aliphatic rings. The van der Waals surface area contributed by atoms with Gasteiger partial charge in [0, 0.05) is 25.6 Å². The average molecular weight is 282 g/mol. The molecule has 6 heteroatoms. The van der Waals surface area contributed by atoms with Crippen molar-refractivity contribution in [2.75, 3.05) is 25.6 Å². The molecular weight excluding hydrogens is 262 g/mol. The van der Waals surface area contributed by atoms with Crippen molar-refractivity contribution in [1.29, 1.82) is 0 Å². The van der Waals surface area contributed by atoms with E-state index in [9.17, 15) is 8.42 Å². The van der Waals surface area contributed by atoms with E-state index in [0.717, 1.165) is 19.3 Å². The van der Waals surface area contributed by atoms with Crippen LogP contribution in [0.25, 0.3) is 0 Å². The molecule has 1 saturated carbocycles. The van der Waals surface area contributed by atoms with E-state index >= 15 is 0 Å². The van der Waals surface area contributed by atoms with Gasteiger partial charge in [0.05, 0.1) is 5.25 Å². The zero-order valence-corrected chi connectivity index (χ0v) is 11.5. The Morgan fingerprint density at radius 3 is 2.47 bits per heavy atom. The molecule has 1 N–H and O–H groups in total. The fraction of sp³-hybridized carbons (Fsp3) is 1.00. The highest BCUT2D eigenvalue weighted by atomic mass is 35.5. The van der Waals surface area contributed by atoms with Crippen molar-refractivity contribution in [3.8, 4) is 0 Å². The van der Waals surface area contributed by atoms with Crippen LogP contribution in [-0.2, 0) is 14.8 Å². The van der Waals surface area contributed by atoms with Crippen LogP contribution in [-0.4, -0.2) is 39.3 Å². The van der Waals surface area contributed by atoms with E-state index < -0.39 is 10.0 Å². The highest BCUT2D eigenvalue weighted by Crippen LogP contribution is 2.48. The Labute approximate surface area is 108 Å². The Morgan fingerprint density at radius 1 is 1.29 bits per heavy atom. The molecule has 0 radical (unpaired) electrons. The van der Waals surface area contributed by atoms with Gasteiger partial charge in [-0.05, 0) is 37.5 Å². The summed E-state index contributed by atoms with van der Waals surface area (Å²) in [6.45, 7) is 1.66. The van der Waals surface area contributed by atoms with Gasteiger partial charge in [-0.3, -0.25) is 0 Å². The maximum Gasteiger partial charge on any atom is 0.214 e. The monoisotopic (exact) mass is 281 g/mol. The molecule has 0 aromatic carbocycles. The topological polar surface area (TPSA) is 55.4 Å². The Kier molecular flexibility index (Phi) is 4.34. The molecule has 1 aliphatic carbocycles. The van der Waals surface area contributed by atoms with Crippen LogP contribution >= 0.6 is 11.6 Å². The summed E-state index contributed by atoms with van der Waals surface area (Å²) >= 11 is 5.73. The number of halogens is 1. The quantitative estimate of drug-likeness (QED) is 0.751. The minimum atomic E-state index is -3.17. The molecule has 2 fully saturated rings. The van der Waals surface area contributed by atoms with Crippen LogP contribution in [0.2, 0.25) is 0 Å². The summed E-state index contributed by atoms with van der Waals surface area (Å²) in [5.41, 5.74) is 0.153. The lowest BCUT2D eigenvalue weighted by molar-refractivity contribution is 0.0981. The van der Waals surface area contributed by atoms with Crippen molar-refractivity contribution in [3.05, 3.63) is 0 Å². The molecule has 0 spiro atoms. The number of hydrogen-bond donors (Lipinski definition) is 1. The molecule has 0 aromatic rings. The van der Waals surface area contributed by atoms with E-state index in [-0.39, 0.29) is 10.7 Å². The van der Waals surface area contributed by atoms with Crippen molar-refractivity contribution in [1.82, 2.24) is 4.72 Å². The van der Waals surface area contributed by atoms with E-state index in [2.05, 4.69) is 4.72 Å². The van der Waals surface area contributed by atoms with E-state index in [1.54, 1.807) is 0 Å². The van der Waals surface area contributed by atoms with Gasteiger partial charge in [-0.2, -0.15) is 0 Å². The molecule has 100 valence electrons. The molecule has 0 amide bonds. The molecule has 17 heavy (non-hydrogen) atoms. The van der Waals surface area contributed by atoms with E-state index in [1.807, 2.05) is 0 Å². The molecule has 0 atom stereocenters. The van der Waals surface area contributed by atoms with Crippen LogP contribution in [0.3, 0.4) is 0 Å². The third-order valence-corrected chi connectivity index (χ3v) is 5.92. The summed E-state index contributed by atoms with van der Waals surface area (Å²) in [5.74, 6) is 0.610. The van der Waals surface area contributed by atoms with Gasteiger partial charge in [-0.15, -0.1) is 11.6 Å². The summed E-state index contributed by atoms with van der Waals surface area (Å²) in [7, 11) is -3.17. The third-order valence-electron chi connectivity index (χ3n) is 3.84. The number of rotatable bonds is 6. The van der Waals surface area contributed by atoms with Crippen molar-refractivity contribution < 1.29 is 13.2 Å². The number of alkyl halides is 1. The Bertz CT molecular complexity index is 348. The van der Waals surface area contributed by atoms with Crippen LogP contribution in [0.5, 0.6) is 0 Å². The maximum absolute atomic E-state index is 12.1. The summed E-state index contributed by atoms with van der Waals surface area (Å²) < 4.78 is 32.1. The number of hydrogen-bond acceptors (Lipinski definition) is 3. The van der Waals surface area contributed by atoms with Crippen LogP contribution in [0, 0.1) is 5.41 Å². The molecule has 1 heterocycles. The zero-order valence-electron chi connectivity index (χ0n) is 9.95. The van der Waals surface area contributed by atoms with Gasteiger partial charge in [0.25, 0.3) is 0 Å². The van der Waals surface area contributed by atoms with E-state index in [1.165, 1.54) is 0 Å². The molecule has 1 saturated heterocycles. The second-order valence-corrected chi connectivity index (χ2v) is 7.54. The first-order valence-electron chi connectivity index (χ1n) is 6.20. The Balaban J connectivity index is 1.84. The second kappa shape index (κ2) is 5.43. The van der Waals surface area contributed by atoms with Gasteiger partial charge in [0.2, 0.25) is 10.0 Å². The predicted octanol–water partition coefficient (Wildman–Crippen LogP) is 1.49. The van der Waals surface area contributed by atoms with Crippen molar-refractivity contribution in [3.63, 3.8) is 0 Å². The minimum absolute atomic E-state index is 0.153. The Morgan fingerprint density at radius 2 is 1.94 bits per heavy atom. The lowest BCUT2D eigenvalue weighted by Gasteiger charge is -2.23. The first kappa shape index (κ1) is 13.6. The van der Waals surface area contributed by atoms with Gasteiger partial charge in [-0.1, -0.05) is 0 Å². The normalized spacial score (nSPS) is 24.8. The van der Waals surface area contributed by atoms with Gasteiger partial charge < -0.3 is 4.74 Å². The Hall–Kier alpha value is 0.160. The highest BCUT2D eigenvalue weighted by Gasteiger charge is 2.43. The fourth-order valence-corrected chi connectivity index (χ4v) is 4.21. The standard InChI is InChI=1S/C11H20ClNO3S/c12-6-5-11(3-4-11)9-13-17(14,15)10-1-7-16-8-2-10/h10,13H,1-9H2.